The van der Waals surface area contributed by atoms with Gasteiger partial charge in [0.05, 0.1) is 18.4 Å². The molecule has 9 nitrogen and oxygen atoms in total. The van der Waals surface area contributed by atoms with Gasteiger partial charge in [-0.3, -0.25) is 4.68 Å². The Morgan fingerprint density at radius 1 is 1.21 bits per heavy atom. The van der Waals surface area contributed by atoms with E-state index in [4.69, 9.17) is 9.47 Å². The zero-order chi connectivity index (χ0) is 28.3. The Kier molecular flexibility index (Phi) is 8.25. The van der Waals surface area contributed by atoms with E-state index >= 15 is 0 Å². The molecule has 0 radical (unpaired) electrons. The van der Waals surface area contributed by atoms with Gasteiger partial charge in [-0.25, -0.2) is 14.2 Å². The number of pyridine rings is 1. The van der Waals surface area contributed by atoms with E-state index in [1.54, 1.807) is 23.9 Å². The molecule has 0 aliphatic heterocycles. The van der Waals surface area contributed by atoms with Crippen molar-refractivity contribution in [1.29, 1.82) is 0 Å². The van der Waals surface area contributed by atoms with Gasteiger partial charge in [0.15, 0.2) is 0 Å². The van der Waals surface area contributed by atoms with Crippen molar-refractivity contribution in [3.8, 4) is 16.9 Å². The third-order valence-corrected chi connectivity index (χ3v) is 6.38. The van der Waals surface area contributed by atoms with Gasteiger partial charge in [-0.1, -0.05) is 0 Å². The lowest BCUT2D eigenvalue weighted by Crippen LogP contribution is -2.33. The number of hydrogen-bond donors (Lipinski definition) is 2. The van der Waals surface area contributed by atoms with Gasteiger partial charge in [0.25, 0.3) is 0 Å². The average molecular weight is 538 g/mol. The summed E-state index contributed by atoms with van der Waals surface area (Å²) in [6, 6.07) is 8.29. The van der Waals surface area contributed by atoms with E-state index in [1.165, 1.54) is 12.1 Å². The molecule has 0 aliphatic rings. The van der Waals surface area contributed by atoms with Gasteiger partial charge in [-0.05, 0) is 58.9 Å². The first kappa shape index (κ1) is 28.1. The van der Waals surface area contributed by atoms with Crippen molar-refractivity contribution in [1.82, 2.24) is 24.5 Å². The van der Waals surface area contributed by atoms with Crippen LogP contribution in [0.15, 0.2) is 42.7 Å². The summed E-state index contributed by atoms with van der Waals surface area (Å²) < 4.78 is 29.3. The average Bonchev–Trinajstić information content (AvgIpc) is 3.38. The van der Waals surface area contributed by atoms with Crippen LogP contribution in [0.1, 0.15) is 56.4 Å². The Hall–Kier alpha value is -3.92. The smallest absolute Gasteiger partial charge is 0.407 e. The minimum absolute atomic E-state index is 0.289. The minimum atomic E-state index is -0.694. The minimum Gasteiger partial charge on any atom is -0.492 e. The number of imidazole rings is 1. The lowest BCUT2D eigenvalue weighted by Gasteiger charge is -2.19. The van der Waals surface area contributed by atoms with Crippen LogP contribution in [0.2, 0.25) is 0 Å². The van der Waals surface area contributed by atoms with Crippen molar-refractivity contribution in [2.24, 2.45) is 7.05 Å². The topological polar surface area (TPSA) is 103 Å². The van der Waals surface area contributed by atoms with E-state index in [-0.39, 0.29) is 6.61 Å². The van der Waals surface area contributed by atoms with Crippen molar-refractivity contribution in [3.05, 3.63) is 71.2 Å². The fraction of sp³-hybridized carbons (Fsp3) is 0.414. The number of aryl methyl sites for hydroxylation is 1. The lowest BCUT2D eigenvalue weighted by atomic mass is 10.1. The molecular weight excluding hydrogens is 501 g/mol. The number of aliphatic hydroxyl groups excluding tert-OH is 1. The van der Waals surface area contributed by atoms with Crippen LogP contribution in [-0.4, -0.2) is 49.1 Å². The van der Waals surface area contributed by atoms with Crippen LogP contribution in [0.3, 0.4) is 0 Å². The second-order valence-corrected chi connectivity index (χ2v) is 10.6. The molecule has 1 amide bonds. The summed E-state index contributed by atoms with van der Waals surface area (Å²) in [4.78, 5) is 16.4. The van der Waals surface area contributed by atoms with Crippen molar-refractivity contribution < 1.29 is 23.8 Å². The van der Waals surface area contributed by atoms with Gasteiger partial charge in [-0.2, -0.15) is 5.10 Å². The standard InChI is InChI=1S/C29H36FN5O4/c1-18-23(27(19(2)36)33-34(18)6)12-14-38-25-15-21(30)8-9-24(25)20-7-10-26-32-16-22(35(26)17-20)11-13-31-28(37)39-29(3,4)5/h7-10,15-17,19,36H,11-14H2,1-6H3,(H,31,37). The number of fused-ring (bicyclic) bond motifs is 1. The predicted octanol–water partition coefficient (Wildman–Crippen LogP) is 4.92. The number of halogens is 1. The lowest BCUT2D eigenvalue weighted by molar-refractivity contribution is 0.0528. The van der Waals surface area contributed by atoms with Crippen molar-refractivity contribution in [2.75, 3.05) is 13.2 Å². The van der Waals surface area contributed by atoms with Crippen molar-refractivity contribution in [3.63, 3.8) is 0 Å². The second-order valence-electron chi connectivity index (χ2n) is 10.6. The van der Waals surface area contributed by atoms with Crippen molar-refractivity contribution in [2.45, 2.75) is 59.2 Å². The summed E-state index contributed by atoms with van der Waals surface area (Å²) >= 11 is 0. The molecule has 0 bridgehead atoms. The monoisotopic (exact) mass is 537 g/mol. The largest absolute Gasteiger partial charge is 0.492 e. The fourth-order valence-electron chi connectivity index (χ4n) is 4.42. The van der Waals surface area contributed by atoms with Gasteiger partial charge in [0.1, 0.15) is 22.8 Å². The molecule has 1 atom stereocenters. The maximum absolute atomic E-state index is 14.2. The molecule has 10 heteroatoms. The number of benzene rings is 1. The van der Waals surface area contributed by atoms with Crippen LogP contribution in [-0.2, 0) is 24.6 Å². The van der Waals surface area contributed by atoms with Crippen LogP contribution in [0.25, 0.3) is 16.8 Å². The number of aliphatic hydroxyl groups is 1. The maximum Gasteiger partial charge on any atom is 0.407 e. The number of rotatable bonds is 9. The highest BCUT2D eigenvalue weighted by Gasteiger charge is 2.18. The molecule has 3 aromatic heterocycles. The first-order valence-corrected chi connectivity index (χ1v) is 13.0. The molecule has 1 aromatic carbocycles. The van der Waals surface area contributed by atoms with E-state index in [0.29, 0.717) is 30.8 Å². The number of ether oxygens (including phenoxy) is 2. The summed E-state index contributed by atoms with van der Waals surface area (Å²) in [5.74, 6) is 0.0244. The first-order valence-electron chi connectivity index (χ1n) is 13.0. The molecule has 1 unspecified atom stereocenters. The summed E-state index contributed by atoms with van der Waals surface area (Å²) in [6.45, 7) is 9.77. The Morgan fingerprint density at radius 3 is 2.69 bits per heavy atom. The van der Waals surface area contributed by atoms with Gasteiger partial charge >= 0.3 is 6.09 Å². The van der Waals surface area contributed by atoms with Crippen LogP contribution in [0, 0.1) is 12.7 Å². The SMILES string of the molecule is Cc1c(CCOc2cc(F)ccc2-c2ccc3ncc(CCNC(=O)OC(C)(C)C)n3c2)c(C(C)O)nn1C. The Balaban J connectivity index is 1.51. The summed E-state index contributed by atoms with van der Waals surface area (Å²) in [5.41, 5.74) is 5.18. The quantitative estimate of drug-likeness (QED) is 0.314. The molecule has 0 saturated heterocycles. The zero-order valence-electron chi connectivity index (χ0n) is 23.3. The van der Waals surface area contributed by atoms with Gasteiger partial charge < -0.3 is 24.3 Å². The number of alkyl carbamates (subject to hydrolysis) is 1. The summed E-state index contributed by atoms with van der Waals surface area (Å²) in [6.07, 6.45) is 3.61. The number of aromatic nitrogens is 4. The number of hydrogen-bond acceptors (Lipinski definition) is 6. The van der Waals surface area contributed by atoms with E-state index in [9.17, 15) is 14.3 Å². The number of nitrogens with zero attached hydrogens (tertiary/aromatic N) is 4. The Morgan fingerprint density at radius 2 is 1.97 bits per heavy atom. The maximum atomic E-state index is 14.2. The van der Waals surface area contributed by atoms with Crippen molar-refractivity contribution >= 4 is 11.7 Å². The molecule has 3 heterocycles. The second kappa shape index (κ2) is 11.4. The molecule has 4 aromatic rings. The number of nitrogens with one attached hydrogen (secondary N) is 1. The predicted molar refractivity (Wildman–Crippen MR) is 146 cm³/mol. The number of amides is 1. The third kappa shape index (κ3) is 6.75. The van der Waals surface area contributed by atoms with Gasteiger partial charge in [0.2, 0.25) is 0 Å². The first-order chi connectivity index (χ1) is 18.4. The third-order valence-electron chi connectivity index (χ3n) is 6.38. The Labute approximate surface area is 227 Å². The van der Waals surface area contributed by atoms with E-state index in [0.717, 1.165) is 33.7 Å². The highest BCUT2D eigenvalue weighted by atomic mass is 19.1. The van der Waals surface area contributed by atoms with Gasteiger partial charge in [-0.15, -0.1) is 0 Å². The van der Waals surface area contributed by atoms with Crippen LogP contribution >= 0.6 is 0 Å². The molecule has 4 rings (SSSR count). The van der Waals surface area contributed by atoms with E-state index in [2.05, 4.69) is 15.4 Å². The Bertz CT molecular complexity index is 1470. The summed E-state index contributed by atoms with van der Waals surface area (Å²) in [7, 11) is 1.84. The van der Waals surface area contributed by atoms with Gasteiger partial charge in [0, 0.05) is 73.0 Å². The molecule has 2 N–H and O–H groups in total. The molecular formula is C29H36FN5O4. The normalized spacial score (nSPS) is 12.5. The molecule has 0 saturated carbocycles. The number of carbonyl (C=O) groups is 1. The highest BCUT2D eigenvalue weighted by Crippen LogP contribution is 2.32. The highest BCUT2D eigenvalue weighted by molar-refractivity contribution is 5.71. The van der Waals surface area contributed by atoms with E-state index in [1.807, 2.05) is 57.5 Å². The fourth-order valence-corrected chi connectivity index (χ4v) is 4.42. The zero-order valence-corrected chi connectivity index (χ0v) is 23.3. The number of carbonyl (C=O) groups excluding carboxylic acids is 1. The molecule has 39 heavy (non-hydrogen) atoms. The van der Waals surface area contributed by atoms with Crippen LogP contribution in [0.4, 0.5) is 9.18 Å². The van der Waals surface area contributed by atoms with Crippen LogP contribution in [0.5, 0.6) is 5.75 Å². The molecule has 0 aliphatic carbocycles. The molecule has 0 fully saturated rings. The molecule has 208 valence electrons. The summed E-state index contributed by atoms with van der Waals surface area (Å²) in [5, 5.41) is 17.3. The molecule has 0 spiro atoms. The van der Waals surface area contributed by atoms with Crippen LogP contribution < -0.4 is 10.1 Å². The van der Waals surface area contributed by atoms with E-state index < -0.39 is 23.6 Å².